The Balaban J connectivity index is 1.13. The number of rotatable bonds is 5. The molecule has 8 heteroatoms. The van der Waals surface area contributed by atoms with E-state index in [4.69, 9.17) is 4.98 Å². The number of anilines is 1. The van der Waals surface area contributed by atoms with Crippen LogP contribution in [0.4, 0.5) is 5.13 Å². The molecule has 4 bridgehead atoms. The van der Waals surface area contributed by atoms with Crippen molar-refractivity contribution in [1.29, 1.82) is 0 Å². The van der Waals surface area contributed by atoms with Gasteiger partial charge in [-0.05, 0) is 56.3 Å². The molecule has 0 spiro atoms. The zero-order valence-electron chi connectivity index (χ0n) is 16.6. The van der Waals surface area contributed by atoms with Crippen molar-refractivity contribution < 1.29 is 4.79 Å². The maximum atomic E-state index is 12.6. The second-order valence-electron chi connectivity index (χ2n) is 9.20. The third-order valence-corrected chi connectivity index (χ3v) is 8.68. The SMILES string of the molecule is O=C(Cc1csc(-c2cnccn2)n1)Nc1nc(C23CC4CC(CC(C4)C2)C3)cs1. The van der Waals surface area contributed by atoms with Gasteiger partial charge in [0.05, 0.1) is 24.0 Å². The highest BCUT2D eigenvalue weighted by molar-refractivity contribution is 7.14. The van der Waals surface area contributed by atoms with Gasteiger partial charge in [0.15, 0.2) is 5.13 Å². The lowest BCUT2D eigenvalue weighted by Gasteiger charge is -2.56. The standard InChI is InChI=1S/C22H23N5OS2/c28-19(6-16-11-29-20(25-16)17-10-23-1-2-24-17)27-21-26-18(12-30-21)22-7-13-3-14(8-22)5-15(4-13)9-22/h1-2,10-15H,3-9H2,(H,26,27,28). The summed E-state index contributed by atoms with van der Waals surface area (Å²) in [7, 11) is 0. The Kier molecular flexibility index (Phi) is 4.46. The van der Waals surface area contributed by atoms with Crippen molar-refractivity contribution >= 4 is 33.7 Å². The molecule has 3 aromatic heterocycles. The normalized spacial score (nSPS) is 29.3. The minimum Gasteiger partial charge on any atom is -0.302 e. The van der Waals surface area contributed by atoms with Gasteiger partial charge in [0.1, 0.15) is 10.7 Å². The first-order valence-corrected chi connectivity index (χ1v) is 12.4. The first kappa shape index (κ1) is 18.6. The van der Waals surface area contributed by atoms with Crippen LogP contribution >= 0.6 is 22.7 Å². The number of nitrogens with zero attached hydrogens (tertiary/aromatic N) is 4. The van der Waals surface area contributed by atoms with Crippen LogP contribution in [0.25, 0.3) is 10.7 Å². The van der Waals surface area contributed by atoms with Gasteiger partial charge in [-0.3, -0.25) is 14.8 Å². The fourth-order valence-corrected chi connectivity index (χ4v) is 7.87. The molecule has 6 nitrogen and oxygen atoms in total. The quantitative estimate of drug-likeness (QED) is 0.625. The van der Waals surface area contributed by atoms with Crippen LogP contribution in [-0.4, -0.2) is 25.8 Å². The van der Waals surface area contributed by atoms with Gasteiger partial charge in [-0.25, -0.2) is 9.97 Å². The zero-order chi connectivity index (χ0) is 20.1. The average Bonchev–Trinajstić information content (AvgIpc) is 3.38. The Morgan fingerprint density at radius 2 is 1.80 bits per heavy atom. The summed E-state index contributed by atoms with van der Waals surface area (Å²) >= 11 is 3.04. The molecule has 0 aliphatic heterocycles. The van der Waals surface area contributed by atoms with Gasteiger partial charge in [-0.15, -0.1) is 22.7 Å². The summed E-state index contributed by atoms with van der Waals surface area (Å²) in [4.78, 5) is 30.3. The van der Waals surface area contributed by atoms with E-state index in [-0.39, 0.29) is 17.7 Å². The highest BCUT2D eigenvalue weighted by atomic mass is 32.1. The van der Waals surface area contributed by atoms with Crippen LogP contribution in [-0.2, 0) is 16.6 Å². The maximum absolute atomic E-state index is 12.6. The number of aromatic nitrogens is 4. The second kappa shape index (κ2) is 7.20. The van der Waals surface area contributed by atoms with Crippen molar-refractivity contribution in [3.05, 3.63) is 40.7 Å². The van der Waals surface area contributed by atoms with E-state index in [1.54, 1.807) is 29.9 Å². The highest BCUT2D eigenvalue weighted by Crippen LogP contribution is 2.60. The van der Waals surface area contributed by atoms with E-state index in [0.717, 1.165) is 39.3 Å². The fourth-order valence-electron chi connectivity index (χ4n) is 6.24. The Morgan fingerprint density at radius 3 is 2.50 bits per heavy atom. The van der Waals surface area contributed by atoms with Gasteiger partial charge in [0, 0.05) is 28.6 Å². The molecule has 3 heterocycles. The fraction of sp³-hybridized carbons (Fsp3) is 0.500. The van der Waals surface area contributed by atoms with Crippen LogP contribution in [0.1, 0.15) is 49.9 Å². The molecule has 4 aliphatic carbocycles. The van der Waals surface area contributed by atoms with E-state index in [9.17, 15) is 4.79 Å². The second-order valence-corrected chi connectivity index (χ2v) is 10.9. The lowest BCUT2D eigenvalue weighted by Crippen LogP contribution is -2.48. The van der Waals surface area contributed by atoms with Crippen LogP contribution < -0.4 is 5.32 Å². The number of hydrogen-bond acceptors (Lipinski definition) is 7. The predicted octanol–water partition coefficient (Wildman–Crippen LogP) is 4.71. The number of amides is 1. The molecule has 1 amide bonds. The first-order valence-electron chi connectivity index (χ1n) is 10.6. The number of carbonyl (C=O) groups is 1. The minimum atomic E-state index is -0.0718. The van der Waals surface area contributed by atoms with Crippen molar-refractivity contribution in [3.63, 3.8) is 0 Å². The Labute approximate surface area is 183 Å². The topological polar surface area (TPSA) is 80.7 Å². The van der Waals surface area contributed by atoms with Crippen molar-refractivity contribution in [2.75, 3.05) is 5.32 Å². The van der Waals surface area contributed by atoms with E-state index in [0.29, 0.717) is 0 Å². The van der Waals surface area contributed by atoms with Gasteiger partial charge in [0.2, 0.25) is 5.91 Å². The third-order valence-electron chi connectivity index (χ3n) is 7.01. The van der Waals surface area contributed by atoms with Crippen LogP contribution in [0.2, 0.25) is 0 Å². The van der Waals surface area contributed by atoms with Crippen LogP contribution in [0.3, 0.4) is 0 Å². The molecular formula is C22H23N5OS2. The van der Waals surface area contributed by atoms with E-state index >= 15 is 0 Å². The molecule has 0 unspecified atom stereocenters. The van der Waals surface area contributed by atoms with Crippen LogP contribution in [0.5, 0.6) is 0 Å². The first-order chi connectivity index (χ1) is 14.6. The van der Waals surface area contributed by atoms with Crippen molar-refractivity contribution in [2.24, 2.45) is 17.8 Å². The zero-order valence-corrected chi connectivity index (χ0v) is 18.2. The largest absolute Gasteiger partial charge is 0.302 e. The molecule has 0 radical (unpaired) electrons. The summed E-state index contributed by atoms with van der Waals surface area (Å²) in [6.07, 6.45) is 13.4. The van der Waals surface area contributed by atoms with E-state index < -0.39 is 0 Å². The Hall–Kier alpha value is -2.19. The summed E-state index contributed by atoms with van der Waals surface area (Å²) in [6.45, 7) is 0. The minimum absolute atomic E-state index is 0.0718. The Morgan fingerprint density at radius 1 is 1.03 bits per heavy atom. The molecular weight excluding hydrogens is 414 g/mol. The predicted molar refractivity (Wildman–Crippen MR) is 117 cm³/mol. The van der Waals surface area contributed by atoms with E-state index in [2.05, 4.69) is 25.6 Å². The molecule has 4 saturated carbocycles. The van der Waals surface area contributed by atoms with Gasteiger partial charge in [0.25, 0.3) is 0 Å². The monoisotopic (exact) mass is 437 g/mol. The highest BCUT2D eigenvalue weighted by Gasteiger charge is 2.52. The van der Waals surface area contributed by atoms with Crippen LogP contribution in [0.15, 0.2) is 29.4 Å². The summed E-state index contributed by atoms with van der Waals surface area (Å²) in [5, 5.41) is 8.60. The summed E-state index contributed by atoms with van der Waals surface area (Å²) in [6, 6.07) is 0. The molecule has 7 rings (SSSR count). The molecule has 1 N–H and O–H groups in total. The maximum Gasteiger partial charge on any atom is 0.232 e. The molecule has 0 saturated heterocycles. The van der Waals surface area contributed by atoms with Gasteiger partial charge in [-0.1, -0.05) is 0 Å². The van der Waals surface area contributed by atoms with Gasteiger partial charge >= 0.3 is 0 Å². The third kappa shape index (κ3) is 3.36. The van der Waals surface area contributed by atoms with E-state index in [1.165, 1.54) is 55.6 Å². The lowest BCUT2D eigenvalue weighted by atomic mass is 9.49. The molecule has 0 aromatic carbocycles. The number of thiazole rings is 2. The Bertz CT molecular complexity index is 1040. The smallest absolute Gasteiger partial charge is 0.232 e. The average molecular weight is 438 g/mol. The molecule has 0 atom stereocenters. The van der Waals surface area contributed by atoms with Gasteiger partial charge < -0.3 is 5.32 Å². The van der Waals surface area contributed by atoms with Crippen molar-refractivity contribution in [1.82, 2.24) is 19.9 Å². The molecule has 30 heavy (non-hydrogen) atoms. The van der Waals surface area contributed by atoms with Crippen molar-refractivity contribution in [2.45, 2.75) is 50.4 Å². The molecule has 154 valence electrons. The number of hydrogen-bond donors (Lipinski definition) is 1. The molecule has 4 fully saturated rings. The summed E-state index contributed by atoms with van der Waals surface area (Å²) < 4.78 is 0. The van der Waals surface area contributed by atoms with Crippen LogP contribution in [0, 0.1) is 17.8 Å². The molecule has 3 aromatic rings. The lowest BCUT2D eigenvalue weighted by molar-refractivity contribution is -0.115. The summed E-state index contributed by atoms with van der Waals surface area (Å²) in [5.41, 5.74) is 2.97. The number of carbonyl (C=O) groups excluding carboxylic acids is 1. The van der Waals surface area contributed by atoms with Gasteiger partial charge in [-0.2, -0.15) is 0 Å². The van der Waals surface area contributed by atoms with E-state index in [1.807, 2.05) is 5.38 Å². The molecule has 4 aliphatic rings. The summed E-state index contributed by atoms with van der Waals surface area (Å²) in [5.74, 6) is 2.61. The number of nitrogens with one attached hydrogen (secondary N) is 1. The van der Waals surface area contributed by atoms with Crippen molar-refractivity contribution in [3.8, 4) is 10.7 Å².